The highest BCUT2D eigenvalue weighted by molar-refractivity contribution is 9.09. The number of hydrogen-bond acceptors (Lipinski definition) is 2. The minimum absolute atomic E-state index is 0.504. The van der Waals surface area contributed by atoms with E-state index in [9.17, 15) is 0 Å². The summed E-state index contributed by atoms with van der Waals surface area (Å²) in [6, 6.07) is 0. The fourth-order valence-electron chi connectivity index (χ4n) is 2.28. The molecule has 1 aliphatic carbocycles. The molecule has 1 fully saturated rings. The molecule has 0 atom stereocenters. The Bertz CT molecular complexity index is 436. The van der Waals surface area contributed by atoms with E-state index in [0.29, 0.717) is 5.41 Å². The smallest absolute Gasteiger partial charge is 0.193 e. The molecule has 0 radical (unpaired) electrons. The van der Waals surface area contributed by atoms with Crippen LogP contribution in [0.1, 0.15) is 25.0 Å². The van der Waals surface area contributed by atoms with Gasteiger partial charge in [0.1, 0.15) is 0 Å². The highest BCUT2D eigenvalue weighted by atomic mass is 79.9. The number of alkyl halides is 1. The molecule has 2 aromatic heterocycles. The molecule has 1 saturated carbocycles. The number of nitrogens with zero attached hydrogens (tertiary/aromatic N) is 2. The molecule has 2 nitrogen and oxygen atoms in total. The van der Waals surface area contributed by atoms with Crippen LogP contribution in [0.5, 0.6) is 0 Å². The molecule has 0 N–H and O–H groups in total. The zero-order chi connectivity index (χ0) is 10.3. The quantitative estimate of drug-likeness (QED) is 0.789. The lowest BCUT2D eigenvalue weighted by Crippen LogP contribution is -2.33. The second-order valence-corrected chi connectivity index (χ2v) is 5.92. The second kappa shape index (κ2) is 3.59. The van der Waals surface area contributed by atoms with Gasteiger partial charge in [0, 0.05) is 23.1 Å². The molecule has 0 aromatic carbocycles. The van der Waals surface area contributed by atoms with Crippen LogP contribution in [0.3, 0.4) is 0 Å². The van der Waals surface area contributed by atoms with Gasteiger partial charge in [-0.25, -0.2) is 4.98 Å². The van der Waals surface area contributed by atoms with Crippen molar-refractivity contribution in [1.29, 1.82) is 0 Å². The van der Waals surface area contributed by atoms with E-state index in [4.69, 9.17) is 0 Å². The molecule has 15 heavy (non-hydrogen) atoms. The third-order valence-corrected chi connectivity index (χ3v) is 5.36. The van der Waals surface area contributed by atoms with Gasteiger partial charge < -0.3 is 0 Å². The van der Waals surface area contributed by atoms with Crippen LogP contribution < -0.4 is 0 Å². The van der Waals surface area contributed by atoms with E-state index >= 15 is 0 Å². The van der Waals surface area contributed by atoms with Gasteiger partial charge in [-0.2, -0.15) is 0 Å². The van der Waals surface area contributed by atoms with E-state index in [2.05, 4.69) is 43.1 Å². The summed E-state index contributed by atoms with van der Waals surface area (Å²) in [5.74, 6) is 0. The van der Waals surface area contributed by atoms with E-state index in [1.807, 2.05) is 0 Å². The lowest BCUT2D eigenvalue weighted by molar-refractivity contribution is 0.168. The van der Waals surface area contributed by atoms with Gasteiger partial charge in [0.15, 0.2) is 4.96 Å². The van der Waals surface area contributed by atoms with Crippen LogP contribution in [0.2, 0.25) is 0 Å². The van der Waals surface area contributed by atoms with Crippen molar-refractivity contribution >= 4 is 32.2 Å². The Balaban J connectivity index is 1.85. The van der Waals surface area contributed by atoms with Crippen LogP contribution in [0, 0.1) is 5.41 Å². The van der Waals surface area contributed by atoms with E-state index in [1.165, 1.54) is 25.0 Å². The topological polar surface area (TPSA) is 17.3 Å². The fraction of sp³-hybridized carbons (Fsp3) is 0.545. The number of hydrogen-bond donors (Lipinski definition) is 0. The fourth-order valence-corrected chi connectivity index (χ4v) is 3.76. The van der Waals surface area contributed by atoms with Crippen molar-refractivity contribution in [3.05, 3.63) is 23.5 Å². The predicted molar refractivity (Wildman–Crippen MR) is 66.9 cm³/mol. The zero-order valence-electron chi connectivity index (χ0n) is 8.45. The summed E-state index contributed by atoms with van der Waals surface area (Å²) in [5.41, 5.74) is 1.75. The number of halogens is 1. The van der Waals surface area contributed by atoms with Crippen molar-refractivity contribution < 1.29 is 0 Å². The molecule has 1 aliphatic rings. The summed E-state index contributed by atoms with van der Waals surface area (Å²) >= 11 is 5.35. The second-order valence-electron chi connectivity index (χ2n) is 4.49. The van der Waals surface area contributed by atoms with E-state index in [-0.39, 0.29) is 0 Å². The van der Waals surface area contributed by atoms with Crippen molar-refractivity contribution in [2.75, 3.05) is 5.33 Å². The van der Waals surface area contributed by atoms with Gasteiger partial charge in [-0.1, -0.05) is 22.4 Å². The molecule has 2 aromatic rings. The largest absolute Gasteiger partial charge is 0.297 e. The standard InChI is InChI=1S/C11H13BrN2S/c12-8-11(2-1-3-11)6-9-7-14-4-5-15-10(14)13-9/h4-5,7H,1-3,6,8H2. The zero-order valence-corrected chi connectivity index (χ0v) is 10.9. The third kappa shape index (κ3) is 1.64. The monoisotopic (exact) mass is 284 g/mol. The number of imidazole rings is 1. The first kappa shape index (κ1) is 9.85. The molecule has 0 spiro atoms. The van der Waals surface area contributed by atoms with Gasteiger partial charge in [-0.05, 0) is 24.7 Å². The first-order valence-electron chi connectivity index (χ1n) is 5.28. The van der Waals surface area contributed by atoms with Gasteiger partial charge in [-0.3, -0.25) is 4.40 Å². The molecule has 2 heterocycles. The van der Waals surface area contributed by atoms with Crippen LogP contribution in [0.15, 0.2) is 17.8 Å². The Morgan fingerprint density at radius 2 is 2.40 bits per heavy atom. The minimum atomic E-state index is 0.504. The van der Waals surface area contributed by atoms with E-state index in [1.54, 1.807) is 11.3 Å². The summed E-state index contributed by atoms with van der Waals surface area (Å²) in [6.07, 6.45) is 9.47. The van der Waals surface area contributed by atoms with Crippen molar-refractivity contribution in [3.63, 3.8) is 0 Å². The molecular formula is C11H13BrN2S. The average Bonchev–Trinajstić information content (AvgIpc) is 2.70. The molecule has 4 heteroatoms. The molecule has 0 saturated heterocycles. The summed E-state index contributed by atoms with van der Waals surface area (Å²) in [4.78, 5) is 5.77. The number of fused-ring (bicyclic) bond motifs is 1. The van der Waals surface area contributed by atoms with Crippen molar-refractivity contribution in [2.45, 2.75) is 25.7 Å². The molecule has 0 unspecified atom stereocenters. The van der Waals surface area contributed by atoms with Crippen LogP contribution in [-0.4, -0.2) is 14.7 Å². The third-order valence-electron chi connectivity index (χ3n) is 3.40. The minimum Gasteiger partial charge on any atom is -0.297 e. The van der Waals surface area contributed by atoms with E-state index in [0.717, 1.165) is 16.7 Å². The lowest BCUT2D eigenvalue weighted by atomic mass is 9.68. The van der Waals surface area contributed by atoms with Crippen molar-refractivity contribution in [3.8, 4) is 0 Å². The summed E-state index contributed by atoms with van der Waals surface area (Å²) in [6.45, 7) is 0. The van der Waals surface area contributed by atoms with Gasteiger partial charge in [-0.15, -0.1) is 11.3 Å². The molecule has 0 bridgehead atoms. The normalized spacial score (nSPS) is 19.3. The van der Waals surface area contributed by atoms with Crippen LogP contribution in [-0.2, 0) is 6.42 Å². The first-order valence-corrected chi connectivity index (χ1v) is 7.29. The highest BCUT2D eigenvalue weighted by Crippen LogP contribution is 2.44. The lowest BCUT2D eigenvalue weighted by Gasteiger charge is -2.40. The molecule has 0 amide bonds. The molecule has 80 valence electrons. The maximum Gasteiger partial charge on any atom is 0.193 e. The van der Waals surface area contributed by atoms with Gasteiger partial charge in [0.2, 0.25) is 0 Å². The number of aromatic nitrogens is 2. The Morgan fingerprint density at radius 3 is 3.00 bits per heavy atom. The van der Waals surface area contributed by atoms with Gasteiger partial charge in [0.25, 0.3) is 0 Å². The van der Waals surface area contributed by atoms with Gasteiger partial charge in [0.05, 0.1) is 5.69 Å². The first-order chi connectivity index (χ1) is 7.31. The Kier molecular flexibility index (Phi) is 2.36. The molecule has 3 rings (SSSR count). The Labute approximate surface area is 101 Å². The van der Waals surface area contributed by atoms with Crippen LogP contribution in [0.25, 0.3) is 4.96 Å². The van der Waals surface area contributed by atoms with E-state index < -0.39 is 0 Å². The number of thiazole rings is 1. The van der Waals surface area contributed by atoms with Gasteiger partial charge >= 0.3 is 0 Å². The van der Waals surface area contributed by atoms with Crippen molar-refractivity contribution in [1.82, 2.24) is 9.38 Å². The summed E-state index contributed by atoms with van der Waals surface area (Å²) in [7, 11) is 0. The maximum absolute atomic E-state index is 4.65. The summed E-state index contributed by atoms with van der Waals surface area (Å²) in [5, 5.41) is 3.20. The molecular weight excluding hydrogens is 272 g/mol. The number of rotatable bonds is 3. The van der Waals surface area contributed by atoms with Crippen molar-refractivity contribution in [2.24, 2.45) is 5.41 Å². The highest BCUT2D eigenvalue weighted by Gasteiger charge is 2.36. The predicted octanol–water partition coefficient (Wildman–Crippen LogP) is 3.50. The van der Waals surface area contributed by atoms with Crippen LogP contribution in [0.4, 0.5) is 0 Å². The average molecular weight is 285 g/mol. The Hall–Kier alpha value is -0.350. The van der Waals surface area contributed by atoms with Crippen LogP contribution >= 0.6 is 27.3 Å². The Morgan fingerprint density at radius 1 is 1.53 bits per heavy atom. The summed E-state index contributed by atoms with van der Waals surface area (Å²) < 4.78 is 2.13. The maximum atomic E-state index is 4.65. The SMILES string of the molecule is BrCC1(Cc2cn3ccsc3n2)CCC1. The molecule has 0 aliphatic heterocycles.